The van der Waals surface area contributed by atoms with E-state index >= 15 is 0 Å². The zero-order chi connectivity index (χ0) is 28.0. The minimum atomic E-state index is -3.62. The van der Waals surface area contributed by atoms with Crippen LogP contribution in [0.25, 0.3) is 12.2 Å². The van der Waals surface area contributed by atoms with Gasteiger partial charge in [-0.2, -0.15) is 0 Å². The Morgan fingerprint density at radius 1 is 0.868 bits per heavy atom. The Kier molecular flexibility index (Phi) is 13.9. The fraction of sp³-hybridized carbons (Fsp3) is 0.517. The van der Waals surface area contributed by atoms with Gasteiger partial charge in [0.15, 0.2) is 0 Å². The Labute approximate surface area is 228 Å². The molecule has 0 fully saturated rings. The van der Waals surface area contributed by atoms with E-state index in [0.717, 1.165) is 42.9 Å². The second-order valence-electron chi connectivity index (χ2n) is 8.55. The minimum Gasteiger partial charge on any atom is -0.497 e. The first-order valence-electron chi connectivity index (χ1n) is 13.3. The zero-order valence-corrected chi connectivity index (χ0v) is 24.9. The Morgan fingerprint density at radius 3 is 2.03 bits per heavy atom. The maximum Gasteiger partial charge on any atom is 0.352 e. The van der Waals surface area contributed by atoms with Crippen molar-refractivity contribution in [1.82, 2.24) is 10.2 Å². The van der Waals surface area contributed by atoms with Crippen LogP contribution in [0.4, 0.5) is 0 Å². The molecule has 0 saturated heterocycles. The fourth-order valence-corrected chi connectivity index (χ4v) is 6.28. The van der Waals surface area contributed by atoms with Gasteiger partial charge in [0.2, 0.25) is 0 Å². The lowest BCUT2D eigenvalue weighted by Crippen LogP contribution is -2.30. The van der Waals surface area contributed by atoms with Crippen LogP contribution in [0, 0.1) is 0 Å². The lowest BCUT2D eigenvalue weighted by atomic mass is 10.0. The molecule has 9 heteroatoms. The number of hydrogen-bond acceptors (Lipinski definition) is 8. The van der Waals surface area contributed by atoms with Gasteiger partial charge >= 0.3 is 7.60 Å². The van der Waals surface area contributed by atoms with Gasteiger partial charge in [-0.05, 0) is 75.8 Å². The summed E-state index contributed by atoms with van der Waals surface area (Å²) in [4.78, 5) is 2.36. The normalized spacial score (nSPS) is 12.7. The van der Waals surface area contributed by atoms with Gasteiger partial charge in [-0.15, -0.1) is 0 Å². The summed E-state index contributed by atoms with van der Waals surface area (Å²) in [7, 11) is 1.23. The van der Waals surface area contributed by atoms with Crippen molar-refractivity contribution in [3.05, 3.63) is 53.1 Å². The number of hydrogen-bond donors (Lipinski definition) is 1. The van der Waals surface area contributed by atoms with Crippen molar-refractivity contribution in [3.63, 3.8) is 0 Å². The summed E-state index contributed by atoms with van der Waals surface area (Å²) in [6.07, 6.45) is 4.84. The molecule has 0 aliphatic carbocycles. The number of rotatable bonds is 18. The monoisotopic (exact) mass is 548 g/mol. The third kappa shape index (κ3) is 8.85. The van der Waals surface area contributed by atoms with Crippen molar-refractivity contribution in [2.24, 2.45) is 0 Å². The summed E-state index contributed by atoms with van der Waals surface area (Å²) in [5, 5.41) is 3.50. The SMILES string of the molecule is CCOP(=O)(OCC)C(NCCCN(CC)CC)c1c(/C=C/c2ccc(OC)cc2)cc(OC)cc1OC. The standard InChI is InChI=1S/C29H45N2O6P/c1-8-31(9-2)20-12-19-30-29(38(32,36-10-3)37-11-4)28-24(21-26(34-6)22-27(28)35-7)16-13-23-14-17-25(33-5)18-15-23/h13-18,21-22,29-30H,8-12,19-20H2,1-7H3/b16-13+. The summed E-state index contributed by atoms with van der Waals surface area (Å²) in [6.45, 7) is 12.0. The van der Waals surface area contributed by atoms with Gasteiger partial charge in [0, 0.05) is 11.6 Å². The first-order valence-corrected chi connectivity index (χ1v) is 14.9. The molecule has 0 aliphatic heterocycles. The first kappa shape index (κ1) is 31.9. The highest BCUT2D eigenvalue weighted by Gasteiger charge is 2.39. The average Bonchev–Trinajstić information content (AvgIpc) is 2.94. The highest BCUT2D eigenvalue weighted by Crippen LogP contribution is 2.61. The lowest BCUT2D eigenvalue weighted by molar-refractivity contribution is 0.206. The number of benzene rings is 2. The van der Waals surface area contributed by atoms with Gasteiger partial charge in [0.1, 0.15) is 23.0 Å². The predicted molar refractivity (Wildman–Crippen MR) is 155 cm³/mol. The molecule has 212 valence electrons. The molecule has 38 heavy (non-hydrogen) atoms. The second kappa shape index (κ2) is 16.6. The van der Waals surface area contributed by atoms with E-state index in [9.17, 15) is 4.57 Å². The van der Waals surface area contributed by atoms with Crippen molar-refractivity contribution >= 4 is 19.7 Å². The van der Waals surface area contributed by atoms with Crippen molar-refractivity contribution in [1.29, 1.82) is 0 Å². The number of ether oxygens (including phenoxy) is 3. The molecule has 1 unspecified atom stereocenters. The fourth-order valence-electron chi connectivity index (χ4n) is 4.24. The summed E-state index contributed by atoms with van der Waals surface area (Å²) >= 11 is 0. The zero-order valence-electron chi connectivity index (χ0n) is 24.0. The largest absolute Gasteiger partial charge is 0.497 e. The van der Waals surface area contributed by atoms with Crippen LogP contribution in [0.5, 0.6) is 17.2 Å². The Morgan fingerprint density at radius 2 is 1.50 bits per heavy atom. The molecule has 0 amide bonds. The van der Waals surface area contributed by atoms with Crippen LogP contribution in [0.2, 0.25) is 0 Å². The van der Waals surface area contributed by atoms with Gasteiger partial charge in [-0.25, -0.2) is 0 Å². The molecule has 0 heterocycles. The van der Waals surface area contributed by atoms with Crippen molar-refractivity contribution in [2.45, 2.75) is 39.9 Å². The van der Waals surface area contributed by atoms with E-state index in [1.807, 2.05) is 56.3 Å². The van der Waals surface area contributed by atoms with Crippen LogP contribution in [0.3, 0.4) is 0 Å². The van der Waals surface area contributed by atoms with Crippen molar-refractivity contribution < 1.29 is 27.8 Å². The third-order valence-corrected chi connectivity index (χ3v) is 8.57. The number of nitrogens with one attached hydrogen (secondary N) is 1. The van der Waals surface area contributed by atoms with Crippen molar-refractivity contribution in [3.8, 4) is 17.2 Å². The van der Waals surface area contributed by atoms with Gasteiger partial charge in [0.25, 0.3) is 0 Å². The molecule has 0 radical (unpaired) electrons. The Hall–Kier alpha value is -2.35. The first-order chi connectivity index (χ1) is 18.4. The maximum atomic E-state index is 14.2. The number of methoxy groups -OCH3 is 3. The van der Waals surface area contributed by atoms with E-state index in [0.29, 0.717) is 23.6 Å². The topological polar surface area (TPSA) is 78.5 Å². The molecule has 2 aromatic rings. The third-order valence-electron chi connectivity index (χ3n) is 6.27. The van der Waals surface area contributed by atoms with Gasteiger partial charge in [0.05, 0.1) is 34.5 Å². The molecule has 2 rings (SSSR count). The number of nitrogens with zero attached hydrogens (tertiary/aromatic N) is 1. The van der Waals surface area contributed by atoms with Crippen LogP contribution in [0.1, 0.15) is 56.6 Å². The highest BCUT2D eigenvalue weighted by atomic mass is 31.2. The molecule has 8 nitrogen and oxygen atoms in total. The van der Waals surface area contributed by atoms with E-state index in [4.69, 9.17) is 23.3 Å². The molecule has 0 aromatic heterocycles. The molecular weight excluding hydrogens is 503 g/mol. The molecule has 1 atom stereocenters. The molecule has 0 bridgehead atoms. The van der Waals surface area contributed by atoms with Crippen LogP contribution in [-0.2, 0) is 13.6 Å². The molecule has 0 spiro atoms. The Bertz CT molecular complexity index is 1030. The average molecular weight is 549 g/mol. The van der Waals surface area contributed by atoms with Gasteiger partial charge < -0.3 is 28.2 Å². The quantitative estimate of drug-likeness (QED) is 0.129. The summed E-state index contributed by atoms with van der Waals surface area (Å²) in [5.41, 5.74) is 2.48. The lowest BCUT2D eigenvalue weighted by Gasteiger charge is -2.30. The van der Waals surface area contributed by atoms with Crippen molar-refractivity contribution in [2.75, 3.05) is 60.7 Å². The van der Waals surface area contributed by atoms with E-state index in [1.54, 1.807) is 27.4 Å². The smallest absolute Gasteiger partial charge is 0.352 e. The van der Waals surface area contributed by atoms with E-state index in [2.05, 4.69) is 24.1 Å². The van der Waals surface area contributed by atoms with E-state index in [1.165, 1.54) is 0 Å². The van der Waals surface area contributed by atoms with Crippen LogP contribution in [-0.4, -0.2) is 65.6 Å². The maximum absolute atomic E-state index is 14.2. The van der Waals surface area contributed by atoms with E-state index < -0.39 is 13.4 Å². The van der Waals surface area contributed by atoms with Crippen LogP contribution in [0.15, 0.2) is 36.4 Å². The minimum absolute atomic E-state index is 0.254. The highest BCUT2D eigenvalue weighted by molar-refractivity contribution is 7.54. The molecule has 2 aromatic carbocycles. The molecular formula is C29H45N2O6P. The summed E-state index contributed by atoms with van der Waals surface area (Å²) in [6, 6.07) is 11.5. The molecule has 1 N–H and O–H groups in total. The summed E-state index contributed by atoms with van der Waals surface area (Å²) < 4.78 is 42.6. The van der Waals surface area contributed by atoms with E-state index in [-0.39, 0.29) is 13.2 Å². The van der Waals surface area contributed by atoms with Gasteiger partial charge in [-0.3, -0.25) is 9.88 Å². The summed E-state index contributed by atoms with van der Waals surface area (Å²) in [5.74, 6) is 1.22. The second-order valence-corrected chi connectivity index (χ2v) is 10.7. The van der Waals surface area contributed by atoms with Gasteiger partial charge in [-0.1, -0.05) is 38.1 Å². The molecule has 0 aliphatic rings. The van der Waals surface area contributed by atoms with Crippen LogP contribution >= 0.6 is 7.60 Å². The molecule has 0 saturated carbocycles. The Balaban J connectivity index is 2.58. The van der Waals surface area contributed by atoms with Crippen LogP contribution < -0.4 is 19.5 Å². The predicted octanol–water partition coefficient (Wildman–Crippen LogP) is 6.47.